The molecule has 1 aromatic heterocycles. The van der Waals surface area contributed by atoms with Gasteiger partial charge in [-0.1, -0.05) is 12.1 Å². The van der Waals surface area contributed by atoms with Gasteiger partial charge in [0.1, 0.15) is 5.76 Å². The molecule has 0 unspecified atom stereocenters. The molecule has 142 valence electrons. The maximum absolute atomic E-state index is 12.5. The minimum absolute atomic E-state index is 0.0979. The van der Waals surface area contributed by atoms with E-state index in [4.69, 9.17) is 4.42 Å². The molecule has 1 heterocycles. The summed E-state index contributed by atoms with van der Waals surface area (Å²) in [6.07, 6.45) is 1.51. The number of para-hydroxylation sites is 1. The Labute approximate surface area is 167 Å². The monoisotopic (exact) mass is 443 g/mol. The molecule has 2 N–H and O–H groups in total. The number of carbonyl (C=O) groups is 2. The second kappa shape index (κ2) is 8.49. The standard InChI is InChI=1S/C19H14BrN3O5/c20-15-8-7-12(10-17(15)23(26)27)18(24)22-16-6-2-1-5-14(16)19(25)21-11-13-4-3-9-28-13/h1-10H,11H2,(H,21,25)(H,22,24). The summed E-state index contributed by atoms with van der Waals surface area (Å²) < 4.78 is 5.44. The smallest absolute Gasteiger partial charge is 0.284 e. The maximum atomic E-state index is 12.5. The highest BCUT2D eigenvalue weighted by Gasteiger charge is 2.18. The van der Waals surface area contributed by atoms with E-state index in [9.17, 15) is 19.7 Å². The number of nitro groups is 1. The SMILES string of the molecule is O=C(Nc1ccccc1C(=O)NCc1ccco1)c1ccc(Br)c([N+](=O)[O-])c1. The van der Waals surface area contributed by atoms with Crippen molar-refractivity contribution in [3.05, 3.63) is 92.3 Å². The topological polar surface area (TPSA) is 114 Å². The van der Waals surface area contributed by atoms with Crippen molar-refractivity contribution >= 4 is 39.1 Å². The molecule has 3 aromatic rings. The van der Waals surface area contributed by atoms with Crippen LogP contribution in [0.15, 0.2) is 69.8 Å². The first-order valence-electron chi connectivity index (χ1n) is 8.10. The minimum atomic E-state index is -0.586. The molecule has 0 bridgehead atoms. The summed E-state index contributed by atoms with van der Waals surface area (Å²) in [5, 5.41) is 16.4. The highest BCUT2D eigenvalue weighted by molar-refractivity contribution is 9.10. The first kappa shape index (κ1) is 19.3. The van der Waals surface area contributed by atoms with E-state index in [0.29, 0.717) is 5.76 Å². The number of rotatable bonds is 6. The second-order valence-electron chi connectivity index (χ2n) is 5.69. The largest absolute Gasteiger partial charge is 0.467 e. The molecule has 0 aliphatic heterocycles. The van der Waals surface area contributed by atoms with Gasteiger partial charge in [0.2, 0.25) is 0 Å². The van der Waals surface area contributed by atoms with Crippen LogP contribution >= 0.6 is 15.9 Å². The summed E-state index contributed by atoms with van der Waals surface area (Å²) in [5.41, 5.74) is 0.418. The number of carbonyl (C=O) groups excluding carboxylic acids is 2. The molecule has 0 radical (unpaired) electrons. The molecule has 0 spiro atoms. The van der Waals surface area contributed by atoms with Crippen molar-refractivity contribution in [2.24, 2.45) is 0 Å². The normalized spacial score (nSPS) is 10.3. The number of nitro benzene ring substituents is 1. The van der Waals surface area contributed by atoms with E-state index < -0.39 is 16.7 Å². The molecule has 9 heteroatoms. The highest BCUT2D eigenvalue weighted by Crippen LogP contribution is 2.26. The molecule has 8 nitrogen and oxygen atoms in total. The van der Waals surface area contributed by atoms with Gasteiger partial charge in [-0.15, -0.1) is 0 Å². The Morgan fingerprint density at radius 2 is 1.86 bits per heavy atom. The van der Waals surface area contributed by atoms with Gasteiger partial charge in [-0.3, -0.25) is 19.7 Å². The van der Waals surface area contributed by atoms with E-state index in [-0.39, 0.29) is 33.5 Å². The van der Waals surface area contributed by atoms with Crippen LogP contribution < -0.4 is 10.6 Å². The van der Waals surface area contributed by atoms with Crippen LogP contribution in [0.1, 0.15) is 26.5 Å². The predicted octanol–water partition coefficient (Wildman–Crippen LogP) is 4.13. The Kier molecular flexibility index (Phi) is 5.85. The van der Waals surface area contributed by atoms with Crippen LogP contribution in [-0.4, -0.2) is 16.7 Å². The first-order chi connectivity index (χ1) is 13.5. The fraction of sp³-hybridized carbons (Fsp3) is 0.0526. The zero-order valence-electron chi connectivity index (χ0n) is 14.3. The summed E-state index contributed by atoms with van der Waals surface area (Å²) in [5.74, 6) is -0.368. The van der Waals surface area contributed by atoms with Crippen LogP contribution in [0, 0.1) is 10.1 Å². The van der Waals surface area contributed by atoms with Crippen molar-refractivity contribution in [1.82, 2.24) is 5.32 Å². The zero-order valence-corrected chi connectivity index (χ0v) is 15.9. The Morgan fingerprint density at radius 1 is 1.07 bits per heavy atom. The number of furan rings is 1. The van der Waals surface area contributed by atoms with Crippen molar-refractivity contribution in [2.75, 3.05) is 5.32 Å². The first-order valence-corrected chi connectivity index (χ1v) is 8.90. The number of anilines is 1. The number of nitrogens with one attached hydrogen (secondary N) is 2. The number of amides is 2. The van der Waals surface area contributed by atoms with Crippen molar-refractivity contribution in [1.29, 1.82) is 0 Å². The van der Waals surface area contributed by atoms with Gasteiger partial charge in [-0.2, -0.15) is 0 Å². The number of benzene rings is 2. The van der Waals surface area contributed by atoms with E-state index in [1.165, 1.54) is 24.5 Å². The second-order valence-corrected chi connectivity index (χ2v) is 6.54. The van der Waals surface area contributed by atoms with E-state index in [1.807, 2.05) is 0 Å². The molecular weight excluding hydrogens is 430 g/mol. The Bertz CT molecular complexity index is 1030. The van der Waals surface area contributed by atoms with Gasteiger partial charge >= 0.3 is 0 Å². The fourth-order valence-electron chi connectivity index (χ4n) is 2.45. The van der Waals surface area contributed by atoms with Gasteiger partial charge in [0.15, 0.2) is 0 Å². The van der Waals surface area contributed by atoms with Crippen molar-refractivity contribution in [3.8, 4) is 0 Å². The van der Waals surface area contributed by atoms with E-state index in [2.05, 4.69) is 26.6 Å². The average Bonchev–Trinajstić information content (AvgIpc) is 3.20. The number of hydrogen-bond donors (Lipinski definition) is 2. The van der Waals surface area contributed by atoms with Crippen LogP contribution in [-0.2, 0) is 6.54 Å². The lowest BCUT2D eigenvalue weighted by molar-refractivity contribution is -0.385. The van der Waals surface area contributed by atoms with Crippen molar-refractivity contribution in [2.45, 2.75) is 6.54 Å². The fourth-order valence-corrected chi connectivity index (χ4v) is 2.85. The molecule has 0 atom stereocenters. The lowest BCUT2D eigenvalue weighted by atomic mass is 10.1. The number of nitrogens with zero attached hydrogens (tertiary/aromatic N) is 1. The van der Waals surface area contributed by atoms with Crippen LogP contribution in [0.2, 0.25) is 0 Å². The number of halogens is 1. The van der Waals surface area contributed by atoms with Gasteiger partial charge in [0.05, 0.1) is 33.5 Å². The average molecular weight is 444 g/mol. The molecule has 28 heavy (non-hydrogen) atoms. The molecule has 0 saturated heterocycles. The summed E-state index contributed by atoms with van der Waals surface area (Å²) in [6, 6.07) is 14.0. The van der Waals surface area contributed by atoms with Crippen LogP contribution in [0.25, 0.3) is 0 Å². The molecule has 0 fully saturated rings. The molecule has 3 rings (SSSR count). The van der Waals surface area contributed by atoms with Crippen LogP contribution in [0.5, 0.6) is 0 Å². The van der Waals surface area contributed by atoms with Gasteiger partial charge in [0, 0.05) is 11.6 Å². The third-order valence-corrected chi connectivity index (χ3v) is 4.50. The molecule has 0 aliphatic carbocycles. The Balaban J connectivity index is 1.77. The van der Waals surface area contributed by atoms with Gasteiger partial charge < -0.3 is 15.1 Å². The summed E-state index contributed by atoms with van der Waals surface area (Å²) in [7, 11) is 0. The Morgan fingerprint density at radius 3 is 2.57 bits per heavy atom. The van der Waals surface area contributed by atoms with Crippen LogP contribution in [0.3, 0.4) is 0 Å². The molecule has 0 saturated carbocycles. The summed E-state index contributed by atoms with van der Waals surface area (Å²) >= 11 is 3.08. The van der Waals surface area contributed by atoms with E-state index in [0.717, 1.165) is 0 Å². The van der Waals surface area contributed by atoms with Crippen molar-refractivity contribution in [3.63, 3.8) is 0 Å². The minimum Gasteiger partial charge on any atom is -0.467 e. The maximum Gasteiger partial charge on any atom is 0.284 e. The van der Waals surface area contributed by atoms with E-state index in [1.54, 1.807) is 36.4 Å². The summed E-state index contributed by atoms with van der Waals surface area (Å²) in [6.45, 7) is 0.201. The third kappa shape index (κ3) is 4.44. The predicted molar refractivity (Wildman–Crippen MR) is 105 cm³/mol. The van der Waals surface area contributed by atoms with E-state index >= 15 is 0 Å². The summed E-state index contributed by atoms with van der Waals surface area (Å²) in [4.78, 5) is 35.5. The van der Waals surface area contributed by atoms with Crippen LogP contribution in [0.4, 0.5) is 11.4 Å². The lowest BCUT2D eigenvalue weighted by Gasteiger charge is -2.11. The molecule has 2 aromatic carbocycles. The highest BCUT2D eigenvalue weighted by atomic mass is 79.9. The third-order valence-electron chi connectivity index (χ3n) is 3.83. The van der Waals surface area contributed by atoms with Crippen molar-refractivity contribution < 1.29 is 18.9 Å². The van der Waals surface area contributed by atoms with Gasteiger partial charge in [0.25, 0.3) is 17.5 Å². The van der Waals surface area contributed by atoms with Gasteiger partial charge in [-0.05, 0) is 52.3 Å². The molecular formula is C19H14BrN3O5. The lowest BCUT2D eigenvalue weighted by Crippen LogP contribution is -2.24. The molecule has 0 aliphatic rings. The molecule has 2 amide bonds. The number of hydrogen-bond acceptors (Lipinski definition) is 5. The Hall–Kier alpha value is -3.46. The zero-order chi connectivity index (χ0) is 20.1. The quantitative estimate of drug-likeness (QED) is 0.438. The van der Waals surface area contributed by atoms with Gasteiger partial charge in [-0.25, -0.2) is 0 Å².